The quantitative estimate of drug-likeness (QED) is 0.886. The third-order valence-electron chi connectivity index (χ3n) is 3.17. The summed E-state index contributed by atoms with van der Waals surface area (Å²) in [5.41, 5.74) is 2.78. The minimum atomic E-state index is -0.149. The van der Waals surface area contributed by atoms with Crippen LogP contribution in [-0.4, -0.2) is 34.9 Å². The first-order valence-corrected chi connectivity index (χ1v) is 7.01. The lowest BCUT2D eigenvalue weighted by Gasteiger charge is -2.13. The second-order valence-corrected chi connectivity index (χ2v) is 5.58. The number of rotatable bonds is 5. The number of carbonyl (C=O) groups excluding carboxylic acids is 1. The third kappa shape index (κ3) is 4.16. The van der Waals surface area contributed by atoms with Crippen molar-refractivity contribution in [3.8, 4) is 0 Å². The number of imidazole rings is 1. The summed E-state index contributed by atoms with van der Waals surface area (Å²) in [5, 5.41) is 2.96. The van der Waals surface area contributed by atoms with Crippen LogP contribution >= 0.6 is 0 Å². The SMILES string of the molecule is Cc1cnc([C@@H](C)NC(=O)c2cccc(CN(C)C)c2)[nH]1. The van der Waals surface area contributed by atoms with Crippen LogP contribution in [0, 0.1) is 6.92 Å². The molecule has 21 heavy (non-hydrogen) atoms. The largest absolute Gasteiger partial charge is 0.344 e. The lowest BCUT2D eigenvalue weighted by atomic mass is 10.1. The van der Waals surface area contributed by atoms with Crippen molar-refractivity contribution in [2.45, 2.75) is 26.4 Å². The average Bonchev–Trinajstić information content (AvgIpc) is 2.85. The van der Waals surface area contributed by atoms with Gasteiger partial charge >= 0.3 is 0 Å². The highest BCUT2D eigenvalue weighted by atomic mass is 16.1. The highest BCUT2D eigenvalue weighted by Gasteiger charge is 2.14. The number of carbonyl (C=O) groups is 1. The van der Waals surface area contributed by atoms with Crippen LogP contribution in [0.3, 0.4) is 0 Å². The van der Waals surface area contributed by atoms with Crippen molar-refractivity contribution >= 4 is 5.91 Å². The predicted molar refractivity (Wildman–Crippen MR) is 83.0 cm³/mol. The summed E-state index contributed by atoms with van der Waals surface area (Å²) in [4.78, 5) is 21.8. The highest BCUT2D eigenvalue weighted by Crippen LogP contribution is 2.11. The molecule has 0 bridgehead atoms. The Hall–Kier alpha value is -2.14. The van der Waals surface area contributed by atoms with Crippen LogP contribution in [0.4, 0.5) is 0 Å². The summed E-state index contributed by atoms with van der Waals surface area (Å²) in [6, 6.07) is 7.54. The number of benzene rings is 1. The van der Waals surface area contributed by atoms with Crippen LogP contribution < -0.4 is 5.32 Å². The van der Waals surface area contributed by atoms with Gasteiger partial charge < -0.3 is 15.2 Å². The molecule has 0 aliphatic carbocycles. The number of nitrogens with zero attached hydrogens (tertiary/aromatic N) is 2. The van der Waals surface area contributed by atoms with Gasteiger partial charge in [-0.2, -0.15) is 0 Å². The summed E-state index contributed by atoms with van der Waals surface area (Å²) in [5.74, 6) is 0.683. The van der Waals surface area contributed by atoms with Gasteiger partial charge in [-0.15, -0.1) is 0 Å². The zero-order valence-corrected chi connectivity index (χ0v) is 13.0. The van der Waals surface area contributed by atoms with Crippen molar-refractivity contribution < 1.29 is 4.79 Å². The first kappa shape index (κ1) is 15.3. The molecule has 0 aliphatic heterocycles. The van der Waals surface area contributed by atoms with Gasteiger partial charge in [0.2, 0.25) is 0 Å². The van der Waals surface area contributed by atoms with E-state index in [1.807, 2.05) is 52.2 Å². The van der Waals surface area contributed by atoms with Gasteiger partial charge in [-0.1, -0.05) is 12.1 Å². The van der Waals surface area contributed by atoms with Crippen LogP contribution in [0.1, 0.15) is 40.4 Å². The molecule has 112 valence electrons. The Morgan fingerprint density at radius 3 is 2.81 bits per heavy atom. The van der Waals surface area contributed by atoms with Gasteiger partial charge in [-0.3, -0.25) is 4.79 Å². The van der Waals surface area contributed by atoms with E-state index >= 15 is 0 Å². The Balaban J connectivity index is 2.06. The molecule has 5 nitrogen and oxygen atoms in total. The Kier molecular flexibility index (Phi) is 4.75. The van der Waals surface area contributed by atoms with Crippen molar-refractivity contribution in [2.24, 2.45) is 0 Å². The Bertz CT molecular complexity index is 618. The molecule has 1 heterocycles. The number of aryl methyl sites for hydroxylation is 1. The zero-order valence-electron chi connectivity index (χ0n) is 13.0. The molecule has 0 radical (unpaired) electrons. The van der Waals surface area contributed by atoms with Gasteiger partial charge in [-0.25, -0.2) is 4.98 Å². The molecule has 1 amide bonds. The number of amides is 1. The lowest BCUT2D eigenvalue weighted by molar-refractivity contribution is 0.0938. The van der Waals surface area contributed by atoms with Gasteiger partial charge in [0.1, 0.15) is 5.82 Å². The molecule has 0 unspecified atom stereocenters. The highest BCUT2D eigenvalue weighted by molar-refractivity contribution is 5.94. The van der Waals surface area contributed by atoms with Crippen LogP contribution in [0.2, 0.25) is 0 Å². The molecule has 5 heteroatoms. The zero-order chi connectivity index (χ0) is 15.4. The topological polar surface area (TPSA) is 61.0 Å². The fourth-order valence-electron chi connectivity index (χ4n) is 2.18. The fourth-order valence-corrected chi connectivity index (χ4v) is 2.18. The monoisotopic (exact) mass is 286 g/mol. The van der Waals surface area contributed by atoms with E-state index in [-0.39, 0.29) is 11.9 Å². The number of aromatic amines is 1. The molecule has 0 saturated carbocycles. The van der Waals surface area contributed by atoms with Gasteiger partial charge in [-0.05, 0) is 45.6 Å². The van der Waals surface area contributed by atoms with Crippen LogP contribution in [0.5, 0.6) is 0 Å². The summed E-state index contributed by atoms with van der Waals surface area (Å²) in [7, 11) is 4.02. The standard InChI is InChI=1S/C16H22N4O/c1-11-9-17-15(18-11)12(2)19-16(21)14-7-5-6-13(8-14)10-20(3)4/h5-9,12H,10H2,1-4H3,(H,17,18)(H,19,21)/t12-/m1/s1. The molecule has 2 rings (SSSR count). The van der Waals surface area contributed by atoms with Crippen molar-refractivity contribution in [3.05, 3.63) is 53.1 Å². The summed E-state index contributed by atoms with van der Waals surface area (Å²) < 4.78 is 0. The van der Waals surface area contributed by atoms with E-state index in [4.69, 9.17) is 0 Å². The van der Waals surface area contributed by atoms with Gasteiger partial charge in [0.25, 0.3) is 5.91 Å². The van der Waals surface area contributed by atoms with Crippen LogP contribution in [0.25, 0.3) is 0 Å². The van der Waals surface area contributed by atoms with Crippen molar-refractivity contribution in [1.82, 2.24) is 20.2 Å². The molecule has 1 aromatic heterocycles. The summed E-state index contributed by atoms with van der Waals surface area (Å²) in [6.07, 6.45) is 1.76. The molecule has 1 atom stereocenters. The molecule has 2 aromatic rings. The Morgan fingerprint density at radius 1 is 1.43 bits per heavy atom. The molecule has 2 N–H and O–H groups in total. The molecule has 0 fully saturated rings. The second kappa shape index (κ2) is 6.54. The number of aromatic nitrogens is 2. The maximum Gasteiger partial charge on any atom is 0.251 e. The maximum atomic E-state index is 12.3. The molecular formula is C16H22N4O. The summed E-state index contributed by atoms with van der Waals surface area (Å²) in [6.45, 7) is 4.67. The second-order valence-electron chi connectivity index (χ2n) is 5.58. The molecular weight excluding hydrogens is 264 g/mol. The van der Waals surface area contributed by atoms with E-state index in [1.54, 1.807) is 6.20 Å². The molecule has 0 spiro atoms. The third-order valence-corrected chi connectivity index (χ3v) is 3.17. The predicted octanol–water partition coefficient (Wildman–Crippen LogP) is 2.27. The summed E-state index contributed by atoms with van der Waals surface area (Å²) >= 11 is 0. The molecule has 0 saturated heterocycles. The first-order chi connectivity index (χ1) is 9.95. The minimum absolute atomic E-state index is 0.0860. The molecule has 1 aromatic carbocycles. The number of hydrogen-bond acceptors (Lipinski definition) is 3. The van der Waals surface area contributed by atoms with Gasteiger partial charge in [0.05, 0.1) is 6.04 Å². The maximum absolute atomic E-state index is 12.3. The number of H-pyrrole nitrogens is 1. The number of nitrogens with one attached hydrogen (secondary N) is 2. The van der Waals surface area contributed by atoms with Crippen molar-refractivity contribution in [1.29, 1.82) is 0 Å². The van der Waals surface area contributed by atoms with E-state index in [2.05, 4.69) is 20.2 Å². The van der Waals surface area contributed by atoms with Gasteiger partial charge in [0, 0.05) is 24.0 Å². The normalized spacial score (nSPS) is 12.4. The number of hydrogen-bond donors (Lipinski definition) is 2. The van der Waals surface area contributed by atoms with E-state index in [0.717, 1.165) is 23.6 Å². The van der Waals surface area contributed by atoms with Gasteiger partial charge in [0.15, 0.2) is 0 Å². The van der Waals surface area contributed by atoms with E-state index in [0.29, 0.717) is 5.56 Å². The first-order valence-electron chi connectivity index (χ1n) is 7.01. The van der Waals surface area contributed by atoms with Crippen LogP contribution in [0.15, 0.2) is 30.5 Å². The Labute approximate surface area is 125 Å². The van der Waals surface area contributed by atoms with Crippen LogP contribution in [-0.2, 0) is 6.54 Å². The van der Waals surface area contributed by atoms with E-state index in [1.165, 1.54) is 0 Å². The minimum Gasteiger partial charge on any atom is -0.344 e. The molecule has 0 aliphatic rings. The fraction of sp³-hybridized carbons (Fsp3) is 0.375. The smallest absolute Gasteiger partial charge is 0.251 e. The lowest BCUT2D eigenvalue weighted by Crippen LogP contribution is -2.27. The van der Waals surface area contributed by atoms with Crippen molar-refractivity contribution in [2.75, 3.05) is 14.1 Å². The average molecular weight is 286 g/mol. The van der Waals surface area contributed by atoms with E-state index < -0.39 is 0 Å². The van der Waals surface area contributed by atoms with E-state index in [9.17, 15) is 4.79 Å². The van der Waals surface area contributed by atoms with Crippen molar-refractivity contribution in [3.63, 3.8) is 0 Å². The Morgan fingerprint density at radius 2 is 2.19 bits per heavy atom.